The average Bonchev–Trinajstić information content (AvgIpc) is 2.27. The zero-order valence-electron chi connectivity index (χ0n) is 9.43. The summed E-state index contributed by atoms with van der Waals surface area (Å²) < 4.78 is 0. The van der Waals surface area contributed by atoms with Crippen molar-refractivity contribution in [3.05, 3.63) is 24.5 Å². The molecule has 1 aromatic heterocycles. The van der Waals surface area contributed by atoms with Crippen LogP contribution >= 0.6 is 11.8 Å². The van der Waals surface area contributed by atoms with Crippen LogP contribution in [0.2, 0.25) is 0 Å². The summed E-state index contributed by atoms with van der Waals surface area (Å²) in [6, 6.07) is 3.71. The van der Waals surface area contributed by atoms with Crippen LogP contribution in [0.25, 0.3) is 0 Å². The maximum atomic E-state index is 11.5. The molecule has 88 valence electrons. The summed E-state index contributed by atoms with van der Waals surface area (Å²) in [5.41, 5.74) is -0.560. The molecule has 0 atom stereocenters. The molecule has 0 radical (unpaired) electrons. The Morgan fingerprint density at radius 1 is 1.50 bits per heavy atom. The van der Waals surface area contributed by atoms with Crippen molar-refractivity contribution in [3.63, 3.8) is 0 Å². The predicted octanol–water partition coefficient (Wildman–Crippen LogP) is 1.06. The molecule has 1 amide bonds. The lowest BCUT2D eigenvalue weighted by Crippen LogP contribution is -2.47. The molecule has 0 aliphatic rings. The van der Waals surface area contributed by atoms with Gasteiger partial charge < -0.3 is 10.4 Å². The Kier molecular flexibility index (Phi) is 4.76. The van der Waals surface area contributed by atoms with Gasteiger partial charge in [-0.25, -0.2) is 0 Å². The molecular formula is C11H16N2O2S. The van der Waals surface area contributed by atoms with E-state index in [4.69, 9.17) is 5.11 Å². The third-order valence-corrected chi connectivity index (χ3v) is 2.90. The van der Waals surface area contributed by atoms with Crippen molar-refractivity contribution in [2.24, 2.45) is 0 Å². The van der Waals surface area contributed by atoms with Gasteiger partial charge in [-0.2, -0.15) is 0 Å². The average molecular weight is 240 g/mol. The molecule has 4 nitrogen and oxygen atoms in total. The van der Waals surface area contributed by atoms with Gasteiger partial charge in [-0.1, -0.05) is 0 Å². The van der Waals surface area contributed by atoms with Crippen molar-refractivity contribution in [2.75, 3.05) is 12.4 Å². The van der Waals surface area contributed by atoms with Crippen LogP contribution in [0, 0.1) is 0 Å². The number of thioether (sulfide) groups is 1. The summed E-state index contributed by atoms with van der Waals surface area (Å²) in [5, 5.41) is 11.7. The van der Waals surface area contributed by atoms with E-state index in [2.05, 4.69) is 10.3 Å². The second-order valence-electron chi connectivity index (χ2n) is 4.06. The topological polar surface area (TPSA) is 62.2 Å². The van der Waals surface area contributed by atoms with Crippen molar-refractivity contribution in [3.8, 4) is 0 Å². The minimum Gasteiger partial charge on any atom is -0.394 e. The smallest absolute Gasteiger partial charge is 0.230 e. The molecule has 0 bridgehead atoms. The summed E-state index contributed by atoms with van der Waals surface area (Å²) in [7, 11) is 0. The first-order valence-electron chi connectivity index (χ1n) is 4.98. The second kappa shape index (κ2) is 5.86. The molecule has 1 aromatic rings. The highest BCUT2D eigenvalue weighted by Crippen LogP contribution is 2.15. The quantitative estimate of drug-likeness (QED) is 0.755. The van der Waals surface area contributed by atoms with Gasteiger partial charge in [0, 0.05) is 17.3 Å². The van der Waals surface area contributed by atoms with Crippen LogP contribution in [0.4, 0.5) is 0 Å². The van der Waals surface area contributed by atoms with Crippen LogP contribution < -0.4 is 5.32 Å². The molecule has 2 N–H and O–H groups in total. The Hall–Kier alpha value is -1.07. The number of carbonyl (C=O) groups excluding carboxylic acids is 1. The van der Waals surface area contributed by atoms with Gasteiger partial charge in [0.15, 0.2) is 0 Å². The van der Waals surface area contributed by atoms with Crippen molar-refractivity contribution >= 4 is 17.7 Å². The number of rotatable bonds is 5. The Labute approximate surface area is 99.5 Å². The van der Waals surface area contributed by atoms with E-state index >= 15 is 0 Å². The number of nitrogens with one attached hydrogen (secondary N) is 1. The van der Waals surface area contributed by atoms with Crippen LogP contribution in [-0.2, 0) is 4.79 Å². The fourth-order valence-corrected chi connectivity index (χ4v) is 1.72. The lowest BCUT2D eigenvalue weighted by Gasteiger charge is -2.23. The summed E-state index contributed by atoms with van der Waals surface area (Å²) in [5.74, 6) is 0.258. The van der Waals surface area contributed by atoms with E-state index in [1.807, 2.05) is 12.1 Å². The number of carbonyl (C=O) groups is 1. The number of aliphatic hydroxyl groups is 1. The van der Waals surface area contributed by atoms with Crippen LogP contribution in [-0.4, -0.2) is 33.9 Å². The molecule has 5 heteroatoms. The molecule has 0 fully saturated rings. The van der Waals surface area contributed by atoms with Gasteiger partial charge in [0.2, 0.25) is 5.91 Å². The summed E-state index contributed by atoms with van der Waals surface area (Å²) >= 11 is 1.45. The Bertz CT molecular complexity index is 341. The lowest BCUT2D eigenvalue weighted by atomic mass is 10.1. The zero-order chi connectivity index (χ0) is 12.0. The standard InChI is InChI=1S/C11H16N2O2S/c1-11(2,8-14)13-10(15)7-16-9-3-5-12-6-4-9/h3-6,14H,7-8H2,1-2H3,(H,13,15). The Morgan fingerprint density at radius 3 is 2.69 bits per heavy atom. The number of hydrogen-bond acceptors (Lipinski definition) is 4. The number of aromatic nitrogens is 1. The molecule has 0 aliphatic carbocycles. The van der Waals surface area contributed by atoms with Crippen LogP contribution in [0.1, 0.15) is 13.8 Å². The molecular weight excluding hydrogens is 224 g/mol. The highest BCUT2D eigenvalue weighted by Gasteiger charge is 2.18. The largest absolute Gasteiger partial charge is 0.394 e. The molecule has 1 rings (SSSR count). The summed E-state index contributed by atoms with van der Waals surface area (Å²) in [4.78, 5) is 16.4. The molecule has 0 saturated heterocycles. The molecule has 0 spiro atoms. The van der Waals surface area contributed by atoms with Gasteiger partial charge in [-0.3, -0.25) is 9.78 Å². The monoisotopic (exact) mass is 240 g/mol. The van der Waals surface area contributed by atoms with Crippen molar-refractivity contribution in [1.82, 2.24) is 10.3 Å². The number of hydrogen-bond donors (Lipinski definition) is 2. The molecule has 0 aromatic carbocycles. The van der Waals surface area contributed by atoms with Crippen molar-refractivity contribution in [1.29, 1.82) is 0 Å². The number of nitrogens with zero attached hydrogens (tertiary/aromatic N) is 1. The minimum absolute atomic E-state index is 0.0708. The summed E-state index contributed by atoms with van der Waals surface area (Å²) in [6.07, 6.45) is 3.38. The Morgan fingerprint density at radius 2 is 2.12 bits per heavy atom. The highest BCUT2D eigenvalue weighted by molar-refractivity contribution is 8.00. The van der Waals surface area contributed by atoms with E-state index in [0.29, 0.717) is 5.75 Å². The molecule has 0 saturated carbocycles. The van der Waals surface area contributed by atoms with E-state index in [1.165, 1.54) is 11.8 Å². The first kappa shape index (κ1) is 13.0. The SMILES string of the molecule is CC(C)(CO)NC(=O)CSc1ccncc1. The third-order valence-electron chi connectivity index (χ3n) is 1.89. The molecule has 0 aliphatic heterocycles. The fourth-order valence-electron chi connectivity index (χ4n) is 1.04. The van der Waals surface area contributed by atoms with Gasteiger partial charge in [0.25, 0.3) is 0 Å². The van der Waals surface area contributed by atoms with Gasteiger partial charge in [-0.15, -0.1) is 11.8 Å². The Balaban J connectivity index is 2.36. The van der Waals surface area contributed by atoms with E-state index in [9.17, 15) is 4.79 Å². The van der Waals surface area contributed by atoms with Crippen LogP contribution in [0.5, 0.6) is 0 Å². The second-order valence-corrected chi connectivity index (χ2v) is 5.11. The number of amides is 1. The van der Waals surface area contributed by atoms with E-state index in [-0.39, 0.29) is 12.5 Å². The number of aliphatic hydroxyl groups excluding tert-OH is 1. The maximum Gasteiger partial charge on any atom is 0.230 e. The third kappa shape index (κ3) is 4.63. The first-order valence-corrected chi connectivity index (χ1v) is 5.97. The molecule has 1 heterocycles. The van der Waals surface area contributed by atoms with E-state index in [1.54, 1.807) is 26.2 Å². The zero-order valence-corrected chi connectivity index (χ0v) is 10.3. The van der Waals surface area contributed by atoms with E-state index in [0.717, 1.165) is 4.90 Å². The maximum absolute atomic E-state index is 11.5. The fraction of sp³-hybridized carbons (Fsp3) is 0.455. The summed E-state index contributed by atoms with van der Waals surface area (Å²) in [6.45, 7) is 3.49. The van der Waals surface area contributed by atoms with Gasteiger partial charge in [0.05, 0.1) is 17.9 Å². The van der Waals surface area contributed by atoms with Crippen LogP contribution in [0.15, 0.2) is 29.4 Å². The highest BCUT2D eigenvalue weighted by atomic mass is 32.2. The van der Waals surface area contributed by atoms with Crippen molar-refractivity contribution in [2.45, 2.75) is 24.3 Å². The number of pyridine rings is 1. The van der Waals surface area contributed by atoms with Gasteiger partial charge in [0.1, 0.15) is 0 Å². The van der Waals surface area contributed by atoms with Crippen molar-refractivity contribution < 1.29 is 9.90 Å². The van der Waals surface area contributed by atoms with E-state index < -0.39 is 5.54 Å². The molecule has 16 heavy (non-hydrogen) atoms. The lowest BCUT2D eigenvalue weighted by molar-refractivity contribution is -0.120. The predicted molar refractivity (Wildman–Crippen MR) is 64.3 cm³/mol. The first-order chi connectivity index (χ1) is 7.53. The van der Waals surface area contributed by atoms with Crippen LogP contribution in [0.3, 0.4) is 0 Å². The minimum atomic E-state index is -0.560. The van der Waals surface area contributed by atoms with Gasteiger partial charge >= 0.3 is 0 Å². The normalized spacial score (nSPS) is 11.2. The molecule has 0 unspecified atom stereocenters. The van der Waals surface area contributed by atoms with Gasteiger partial charge in [-0.05, 0) is 26.0 Å².